The van der Waals surface area contributed by atoms with Gasteiger partial charge in [0.05, 0.1) is 53.6 Å². The van der Waals surface area contributed by atoms with Crippen LogP contribution in [0.3, 0.4) is 0 Å². The van der Waals surface area contributed by atoms with Gasteiger partial charge < -0.3 is 42.4 Å². The molecule has 93 heavy (non-hydrogen) atoms. The smallest absolute Gasteiger partial charge is 0.276 e. The molecule has 1 atom stereocenters. The van der Waals surface area contributed by atoms with Crippen LogP contribution >= 0.6 is 11.6 Å². The number of aryl methyl sites for hydroxylation is 3. The molecular weight excluding hydrogens is 1210 g/mol. The van der Waals surface area contributed by atoms with Crippen LogP contribution in [0.1, 0.15) is 90.3 Å². The maximum absolute atomic E-state index is 15.3. The molecule has 498 valence electrons. The van der Waals surface area contributed by atoms with Crippen molar-refractivity contribution in [2.75, 3.05) is 67.7 Å². The lowest BCUT2D eigenvalue weighted by Crippen LogP contribution is -2.49. The van der Waals surface area contributed by atoms with Crippen molar-refractivity contribution in [1.29, 1.82) is 0 Å². The molecular formula is C70H88ClF3N12O7. The summed E-state index contributed by atoms with van der Waals surface area (Å²) >= 11 is 6.64. The molecule has 6 aromatic heterocycles. The number of likely N-dealkylation sites (tertiary alicyclic amines) is 3. The quantitative estimate of drug-likeness (QED) is 0.0826. The fourth-order valence-corrected chi connectivity index (χ4v) is 14.1. The van der Waals surface area contributed by atoms with Crippen molar-refractivity contribution >= 4 is 44.3 Å². The Morgan fingerprint density at radius 3 is 1.28 bits per heavy atom. The van der Waals surface area contributed by atoms with Gasteiger partial charge in [-0.2, -0.15) is 15.3 Å². The summed E-state index contributed by atoms with van der Waals surface area (Å²) in [6, 6.07) is 12.3. The van der Waals surface area contributed by atoms with Crippen LogP contribution in [0.4, 0.5) is 13.2 Å². The van der Waals surface area contributed by atoms with Gasteiger partial charge in [-0.3, -0.25) is 34.6 Å². The first kappa shape index (κ1) is 68.0. The second-order valence-corrected chi connectivity index (χ2v) is 26.6. The van der Waals surface area contributed by atoms with E-state index in [9.17, 15) is 23.2 Å². The minimum absolute atomic E-state index is 0.0637. The molecule has 0 saturated carbocycles. The lowest BCUT2D eigenvalue weighted by atomic mass is 9.83. The highest BCUT2D eigenvalue weighted by molar-refractivity contribution is 6.32. The molecule has 3 aromatic carbocycles. The Kier molecular flexibility index (Phi) is 21.0. The Morgan fingerprint density at radius 2 is 0.903 bits per heavy atom. The highest BCUT2D eigenvalue weighted by atomic mass is 35.5. The second kappa shape index (κ2) is 28.7. The van der Waals surface area contributed by atoms with E-state index in [1.54, 1.807) is 95.1 Å². The van der Waals surface area contributed by atoms with E-state index >= 15 is 4.39 Å². The summed E-state index contributed by atoms with van der Waals surface area (Å²) in [6.45, 7) is 17.6. The monoisotopic (exact) mass is 1300 g/mol. The van der Waals surface area contributed by atoms with Crippen LogP contribution in [0.2, 0.25) is 5.02 Å². The minimum atomic E-state index is -2.74. The Bertz CT molecular complexity index is 4280. The lowest BCUT2D eigenvalue weighted by Gasteiger charge is -2.40. The van der Waals surface area contributed by atoms with E-state index in [-0.39, 0.29) is 41.5 Å². The molecule has 0 spiro atoms. The number of rotatable bonds is 16. The van der Waals surface area contributed by atoms with E-state index in [4.69, 9.17) is 30.5 Å². The molecule has 0 radical (unpaired) electrons. The van der Waals surface area contributed by atoms with Crippen molar-refractivity contribution < 1.29 is 32.1 Å². The van der Waals surface area contributed by atoms with E-state index in [2.05, 4.69) is 68.1 Å². The van der Waals surface area contributed by atoms with Crippen LogP contribution in [-0.2, 0) is 40.5 Å². The van der Waals surface area contributed by atoms with Gasteiger partial charge in [-0.1, -0.05) is 25.4 Å². The van der Waals surface area contributed by atoms with Gasteiger partial charge in [0.2, 0.25) is 0 Å². The van der Waals surface area contributed by atoms with Gasteiger partial charge in [-0.05, 0) is 176 Å². The number of aromatic amines is 3. The number of pyridine rings is 3. The molecule has 9 aromatic rings. The van der Waals surface area contributed by atoms with Crippen molar-refractivity contribution in [1.82, 2.24) is 59.0 Å². The Morgan fingerprint density at radius 1 is 0.538 bits per heavy atom. The first-order valence-corrected chi connectivity index (χ1v) is 32.5. The summed E-state index contributed by atoms with van der Waals surface area (Å²) < 4.78 is 72.0. The fourth-order valence-electron chi connectivity index (χ4n) is 13.9. The maximum atomic E-state index is 15.3. The average molecular weight is 1300 g/mol. The maximum Gasteiger partial charge on any atom is 0.276 e. The molecule has 0 amide bonds. The van der Waals surface area contributed by atoms with Gasteiger partial charge in [-0.15, -0.1) is 0 Å². The topological polar surface area (TPSA) is 199 Å². The second-order valence-electron chi connectivity index (χ2n) is 26.2. The number of methoxy groups -OCH3 is 4. The van der Waals surface area contributed by atoms with Crippen molar-refractivity contribution in [3.63, 3.8) is 0 Å². The molecule has 3 fully saturated rings. The predicted molar refractivity (Wildman–Crippen MR) is 361 cm³/mol. The minimum Gasteiger partial charge on any atom is -0.496 e. The van der Waals surface area contributed by atoms with E-state index in [1.165, 1.54) is 29.1 Å². The normalized spacial score (nSPS) is 16.9. The summed E-state index contributed by atoms with van der Waals surface area (Å²) in [7, 11) is 11.6. The zero-order chi connectivity index (χ0) is 66.7. The number of halogens is 4. The fraction of sp³-hybridized carbons (Fsp3) is 0.486. The summed E-state index contributed by atoms with van der Waals surface area (Å²) in [6.07, 6.45) is 16.7. The molecule has 3 aliphatic rings. The van der Waals surface area contributed by atoms with Crippen LogP contribution in [0.25, 0.3) is 66.1 Å². The molecule has 3 saturated heterocycles. The number of benzene rings is 3. The molecule has 19 nitrogen and oxygen atoms in total. The molecule has 3 N–H and O–H groups in total. The average Bonchev–Trinajstić information content (AvgIpc) is 1.79. The SMILES string of the molecule is COc1cc(-c2cn(C)c(=O)c3[nH]ncc23)cc(Cl)c1CN1CCC(C(C)C)C(F)(F)C1.COc1cc(-c2cn(C)c(=O)c3[nH]ncc23)cc(F)c1CC1CCN(C(C)C)CC1.COc1cc(-c2cn(C)c(=O)c3[nH]ncc23)cc(OC)c1CC1CCN(C(C)C)CC1. The van der Waals surface area contributed by atoms with Gasteiger partial charge in [0.1, 0.15) is 45.4 Å². The van der Waals surface area contributed by atoms with Crippen molar-refractivity contribution in [2.24, 2.45) is 44.8 Å². The zero-order valence-corrected chi connectivity index (χ0v) is 56.4. The number of piperidine rings is 3. The van der Waals surface area contributed by atoms with E-state index in [0.29, 0.717) is 104 Å². The number of alkyl halides is 2. The molecule has 12 rings (SSSR count). The lowest BCUT2D eigenvalue weighted by molar-refractivity contribution is -0.126. The summed E-state index contributed by atoms with van der Waals surface area (Å²) in [5.74, 6) is 0.113. The molecule has 0 bridgehead atoms. The number of ether oxygens (including phenoxy) is 4. The first-order chi connectivity index (χ1) is 44.4. The van der Waals surface area contributed by atoms with Crippen LogP contribution in [0, 0.1) is 29.5 Å². The molecule has 0 aliphatic carbocycles. The number of nitrogens with one attached hydrogen (secondary N) is 3. The molecule has 9 heterocycles. The third kappa shape index (κ3) is 14.4. The van der Waals surface area contributed by atoms with Gasteiger partial charge in [0, 0.05) is 119 Å². The zero-order valence-electron chi connectivity index (χ0n) is 55.7. The highest BCUT2D eigenvalue weighted by Crippen LogP contribution is 2.43. The van der Waals surface area contributed by atoms with E-state index in [1.807, 2.05) is 44.3 Å². The van der Waals surface area contributed by atoms with Gasteiger partial charge >= 0.3 is 0 Å². The number of aromatic nitrogens is 9. The van der Waals surface area contributed by atoms with E-state index in [0.717, 1.165) is 95.7 Å². The van der Waals surface area contributed by atoms with Gasteiger partial charge in [0.25, 0.3) is 22.6 Å². The number of fused-ring (bicyclic) bond motifs is 3. The predicted octanol–water partition coefficient (Wildman–Crippen LogP) is 12.1. The third-order valence-corrected chi connectivity index (χ3v) is 19.7. The third-order valence-electron chi connectivity index (χ3n) is 19.3. The van der Waals surface area contributed by atoms with E-state index < -0.39 is 11.8 Å². The van der Waals surface area contributed by atoms with Gasteiger partial charge in [-0.25, -0.2) is 13.2 Å². The van der Waals surface area contributed by atoms with Crippen molar-refractivity contribution in [3.8, 4) is 56.4 Å². The first-order valence-electron chi connectivity index (χ1n) is 32.1. The van der Waals surface area contributed by atoms with Crippen molar-refractivity contribution in [2.45, 2.75) is 111 Å². The Labute approximate surface area is 545 Å². The standard InChI is InChI=1S/C24H32N4O3.C23H27ClF2N4O2.C23H29FN4O2/c1-15(2)28-8-6-16(7-9-28)10-18-21(30-4)11-17(12-22(18)31-5)20-14-27(3)24(29)23-19(20)13-25-26-23;1-13(2)18-5-6-30(12-23(18,25)26)11-17-19(24)7-14(8-20(17)32-4)16-10-29(3)22(31)21-15(16)9-27-28-21;1-14(2)28-7-5-15(6-8-28)9-17-20(24)10-16(11-21(17)30-4)19-13-27(3)23(29)22-18(19)12-25-26-22/h11-16H,6-10H2,1-5H3,(H,25,26);7-10,13,18H,5-6,11-12H2,1-4H3,(H,27,28);10-15H,5-9H2,1-4H3,(H,25,26). The summed E-state index contributed by atoms with van der Waals surface area (Å²) in [4.78, 5) is 43.8. The van der Waals surface area contributed by atoms with Crippen LogP contribution in [-0.4, -0.2) is 145 Å². The van der Waals surface area contributed by atoms with Crippen LogP contribution < -0.4 is 35.6 Å². The van der Waals surface area contributed by atoms with Crippen LogP contribution in [0.5, 0.6) is 23.0 Å². The largest absolute Gasteiger partial charge is 0.496 e. The molecule has 1 unspecified atom stereocenters. The van der Waals surface area contributed by atoms with Crippen molar-refractivity contribution in [3.05, 3.63) is 132 Å². The number of hydrogen-bond acceptors (Lipinski definition) is 13. The molecule has 3 aliphatic heterocycles. The number of H-pyrrole nitrogens is 3. The highest BCUT2D eigenvalue weighted by Gasteiger charge is 2.46. The molecule has 23 heteroatoms. The Balaban J connectivity index is 0.000000153. The van der Waals surface area contributed by atoms with Gasteiger partial charge in [0.15, 0.2) is 0 Å². The summed E-state index contributed by atoms with van der Waals surface area (Å²) in [5.41, 5.74) is 8.09. The Hall–Kier alpha value is -7.92. The van der Waals surface area contributed by atoms with Crippen LogP contribution in [0.15, 0.2) is 88.0 Å². The summed E-state index contributed by atoms with van der Waals surface area (Å²) in [5, 5.41) is 23.0. The number of nitrogens with zero attached hydrogens (tertiary/aromatic N) is 9. The number of hydrogen-bond donors (Lipinski definition) is 3.